The number of piperidine rings is 1. The predicted molar refractivity (Wildman–Crippen MR) is 164 cm³/mol. The molecular formula is C35H45N3O4. The Hall–Kier alpha value is -3.66. The maximum Gasteiger partial charge on any atom is 0.222 e. The molecular weight excluding hydrogens is 526 g/mol. The minimum atomic E-state index is -0.520. The highest BCUT2D eigenvalue weighted by Crippen LogP contribution is 2.33. The van der Waals surface area contributed by atoms with Gasteiger partial charge in [0.15, 0.2) is 11.5 Å². The summed E-state index contributed by atoms with van der Waals surface area (Å²) in [5.74, 6) is 1.87. The number of carbonyl (C=O) groups is 3. The summed E-state index contributed by atoms with van der Waals surface area (Å²) in [6.45, 7) is 11.2. The van der Waals surface area contributed by atoms with Gasteiger partial charge in [-0.1, -0.05) is 68.1 Å². The minimum absolute atomic E-state index is 0.0769. The van der Waals surface area contributed by atoms with E-state index in [2.05, 4.69) is 17.1 Å². The minimum Gasteiger partial charge on any atom is -0.494 e. The molecule has 7 nitrogen and oxygen atoms in total. The molecule has 7 heteroatoms. The van der Waals surface area contributed by atoms with E-state index in [0.717, 1.165) is 49.0 Å². The quantitative estimate of drug-likeness (QED) is 0.185. The number of ether oxygens (including phenoxy) is 1. The SMILES string of the molecule is [C-]#[N+]c1ccc(CCC(=O)N2CCC(CC(=O)N[C@@H](Cc3ccc(OCCCC)cc3)C(=O)CCC3CC3)CC2)cc1. The lowest BCUT2D eigenvalue weighted by Gasteiger charge is -2.32. The molecule has 0 spiro atoms. The molecule has 2 fully saturated rings. The van der Waals surface area contributed by atoms with Crippen LogP contribution in [0.4, 0.5) is 5.69 Å². The first-order valence-corrected chi connectivity index (χ1v) is 15.7. The average Bonchev–Trinajstić information content (AvgIpc) is 3.84. The third kappa shape index (κ3) is 10.3. The standard InChI is InChI=1S/C35H45N3O4/c1-3-4-23-42-31-15-9-28(10-16-31)24-32(33(39)17-11-26-5-6-26)37-34(40)25-29-19-21-38(22-20-29)35(41)18-12-27-7-13-30(36-2)14-8-27/h7-10,13-16,26,29,32H,3-6,11-12,17-25H2,1H3,(H,37,40)/t32-/m0/s1. The Morgan fingerprint density at radius 3 is 2.29 bits per heavy atom. The maximum absolute atomic E-state index is 13.2. The highest BCUT2D eigenvalue weighted by Gasteiger charge is 2.28. The van der Waals surface area contributed by atoms with Gasteiger partial charge in [-0.05, 0) is 68.1 Å². The molecule has 0 bridgehead atoms. The zero-order chi connectivity index (χ0) is 29.7. The van der Waals surface area contributed by atoms with Crippen molar-refractivity contribution in [1.82, 2.24) is 10.2 Å². The number of aryl methyl sites for hydroxylation is 1. The molecule has 2 amide bonds. The van der Waals surface area contributed by atoms with Crippen molar-refractivity contribution in [2.75, 3.05) is 19.7 Å². The summed E-state index contributed by atoms with van der Waals surface area (Å²) in [6, 6.07) is 14.7. The van der Waals surface area contributed by atoms with E-state index in [4.69, 9.17) is 11.3 Å². The van der Waals surface area contributed by atoms with E-state index in [1.54, 1.807) is 12.1 Å². The number of rotatable bonds is 16. The van der Waals surface area contributed by atoms with Gasteiger partial charge in [0.25, 0.3) is 0 Å². The summed E-state index contributed by atoms with van der Waals surface area (Å²) in [5.41, 5.74) is 2.67. The van der Waals surface area contributed by atoms with E-state index in [1.807, 2.05) is 41.3 Å². The summed E-state index contributed by atoms with van der Waals surface area (Å²) in [5, 5.41) is 3.08. The second-order valence-corrected chi connectivity index (χ2v) is 11.9. The second kappa shape index (κ2) is 16.1. The lowest BCUT2D eigenvalue weighted by atomic mass is 9.92. The number of nitrogens with one attached hydrogen (secondary N) is 1. The molecule has 1 N–H and O–H groups in total. The van der Waals surface area contributed by atoms with Crippen molar-refractivity contribution < 1.29 is 19.1 Å². The number of nitrogens with zero attached hydrogens (tertiary/aromatic N) is 2. The topological polar surface area (TPSA) is 80.1 Å². The Kier molecular flexibility index (Phi) is 12.0. The first-order chi connectivity index (χ1) is 20.4. The Morgan fingerprint density at radius 1 is 0.952 bits per heavy atom. The van der Waals surface area contributed by atoms with Gasteiger partial charge in [0.1, 0.15) is 5.75 Å². The highest BCUT2D eigenvalue weighted by molar-refractivity contribution is 5.89. The van der Waals surface area contributed by atoms with Crippen LogP contribution in [0.3, 0.4) is 0 Å². The lowest BCUT2D eigenvalue weighted by Crippen LogP contribution is -2.44. The number of Topliss-reactive ketones (excluding diaryl/α,β-unsaturated/α-hetero) is 1. The zero-order valence-corrected chi connectivity index (χ0v) is 25.0. The Bertz CT molecular complexity index is 1210. The van der Waals surface area contributed by atoms with E-state index in [0.29, 0.717) is 63.4 Å². The largest absolute Gasteiger partial charge is 0.494 e. The average molecular weight is 572 g/mol. The van der Waals surface area contributed by atoms with Crippen LogP contribution >= 0.6 is 0 Å². The summed E-state index contributed by atoms with van der Waals surface area (Å²) >= 11 is 0. The summed E-state index contributed by atoms with van der Waals surface area (Å²) in [7, 11) is 0. The van der Waals surface area contributed by atoms with E-state index in [1.165, 1.54) is 12.8 Å². The Labute approximate surface area is 250 Å². The van der Waals surface area contributed by atoms with E-state index < -0.39 is 6.04 Å². The molecule has 4 rings (SSSR count). The summed E-state index contributed by atoms with van der Waals surface area (Å²) in [6.07, 6.45) is 9.49. The van der Waals surface area contributed by atoms with E-state index >= 15 is 0 Å². The van der Waals surface area contributed by atoms with Crippen LogP contribution < -0.4 is 10.1 Å². The van der Waals surface area contributed by atoms with E-state index in [9.17, 15) is 14.4 Å². The molecule has 0 radical (unpaired) electrons. The normalized spacial score (nSPS) is 16.0. The third-order valence-electron chi connectivity index (χ3n) is 8.48. The molecule has 1 aliphatic carbocycles. The smallest absolute Gasteiger partial charge is 0.222 e. The van der Waals surface area contributed by atoms with Gasteiger partial charge in [-0.2, -0.15) is 0 Å². The number of benzene rings is 2. The summed E-state index contributed by atoms with van der Waals surface area (Å²) < 4.78 is 5.77. The molecule has 1 saturated heterocycles. The number of likely N-dealkylation sites (tertiary alicyclic amines) is 1. The van der Waals surface area contributed by atoms with Crippen molar-refractivity contribution in [3.05, 3.63) is 71.1 Å². The molecule has 1 atom stereocenters. The monoisotopic (exact) mass is 571 g/mol. The highest BCUT2D eigenvalue weighted by atomic mass is 16.5. The van der Waals surface area contributed by atoms with Crippen molar-refractivity contribution in [1.29, 1.82) is 0 Å². The molecule has 224 valence electrons. The molecule has 2 aromatic carbocycles. The maximum atomic E-state index is 13.2. The van der Waals surface area contributed by atoms with Gasteiger partial charge in [0.2, 0.25) is 11.8 Å². The second-order valence-electron chi connectivity index (χ2n) is 11.9. The fraction of sp³-hybridized carbons (Fsp3) is 0.543. The fourth-order valence-corrected chi connectivity index (χ4v) is 5.51. The van der Waals surface area contributed by atoms with Gasteiger partial charge in [-0.3, -0.25) is 14.4 Å². The molecule has 1 heterocycles. The van der Waals surface area contributed by atoms with Crippen molar-refractivity contribution in [2.45, 2.75) is 90.0 Å². The predicted octanol–water partition coefficient (Wildman–Crippen LogP) is 6.46. The van der Waals surface area contributed by atoms with E-state index in [-0.39, 0.29) is 23.5 Å². The van der Waals surface area contributed by atoms with Gasteiger partial charge in [0.05, 0.1) is 19.2 Å². The molecule has 1 saturated carbocycles. The van der Waals surface area contributed by atoms with Crippen molar-refractivity contribution in [2.24, 2.45) is 11.8 Å². The number of hydrogen-bond donors (Lipinski definition) is 1. The molecule has 2 aliphatic rings. The van der Waals surface area contributed by atoms with Gasteiger partial charge < -0.3 is 15.0 Å². The van der Waals surface area contributed by atoms with Crippen LogP contribution in [0.5, 0.6) is 5.75 Å². The number of carbonyl (C=O) groups excluding carboxylic acids is 3. The van der Waals surface area contributed by atoms with Crippen molar-refractivity contribution in [3.63, 3.8) is 0 Å². The molecule has 0 aromatic heterocycles. The van der Waals surface area contributed by atoms with Crippen LogP contribution in [0.2, 0.25) is 0 Å². The van der Waals surface area contributed by atoms with Gasteiger partial charge in [-0.25, -0.2) is 4.85 Å². The van der Waals surface area contributed by atoms with Crippen LogP contribution in [0.25, 0.3) is 4.85 Å². The number of amides is 2. The third-order valence-corrected chi connectivity index (χ3v) is 8.48. The molecule has 2 aromatic rings. The van der Waals surface area contributed by atoms with Crippen molar-refractivity contribution >= 4 is 23.3 Å². The van der Waals surface area contributed by atoms with Gasteiger partial charge in [0, 0.05) is 32.4 Å². The van der Waals surface area contributed by atoms with Crippen LogP contribution in [0.15, 0.2) is 48.5 Å². The van der Waals surface area contributed by atoms with Crippen LogP contribution in [-0.2, 0) is 27.2 Å². The number of unbranched alkanes of at least 4 members (excludes halogenated alkanes) is 1. The van der Waals surface area contributed by atoms with Crippen LogP contribution in [0, 0.1) is 18.4 Å². The number of hydrogen-bond acceptors (Lipinski definition) is 4. The number of ketones is 1. The first-order valence-electron chi connectivity index (χ1n) is 15.7. The Balaban J connectivity index is 1.23. The van der Waals surface area contributed by atoms with Crippen molar-refractivity contribution in [3.8, 4) is 5.75 Å². The zero-order valence-electron chi connectivity index (χ0n) is 25.0. The van der Waals surface area contributed by atoms with Crippen LogP contribution in [0.1, 0.15) is 82.3 Å². The van der Waals surface area contributed by atoms with Crippen LogP contribution in [-0.4, -0.2) is 48.2 Å². The lowest BCUT2D eigenvalue weighted by molar-refractivity contribution is -0.133. The Morgan fingerprint density at radius 2 is 1.64 bits per heavy atom. The molecule has 1 aliphatic heterocycles. The summed E-state index contributed by atoms with van der Waals surface area (Å²) in [4.78, 5) is 44.4. The van der Waals surface area contributed by atoms with Gasteiger partial charge >= 0.3 is 0 Å². The van der Waals surface area contributed by atoms with Gasteiger partial charge in [-0.15, -0.1) is 0 Å². The first kappa shape index (κ1) is 31.3. The fourth-order valence-electron chi connectivity index (χ4n) is 5.51. The molecule has 42 heavy (non-hydrogen) atoms. The molecule has 0 unspecified atom stereocenters.